The van der Waals surface area contributed by atoms with Crippen LogP contribution < -0.4 is 10.6 Å². The van der Waals surface area contributed by atoms with Gasteiger partial charge in [-0.2, -0.15) is 0 Å². The van der Waals surface area contributed by atoms with Crippen LogP contribution in [0, 0.1) is 0 Å². The van der Waals surface area contributed by atoms with E-state index in [-0.39, 0.29) is 24.0 Å². The van der Waals surface area contributed by atoms with Crippen LogP contribution in [-0.2, 0) is 9.53 Å². The van der Waals surface area contributed by atoms with Gasteiger partial charge < -0.3 is 15.4 Å². The fraction of sp³-hybridized carbons (Fsp3) is 0.636. The van der Waals surface area contributed by atoms with Gasteiger partial charge in [-0.05, 0) is 89.5 Å². The van der Waals surface area contributed by atoms with E-state index in [0.717, 1.165) is 45.1 Å². The number of nitrogens with one attached hydrogen (secondary N) is 2. The summed E-state index contributed by atoms with van der Waals surface area (Å²) in [7, 11) is 0. The highest BCUT2D eigenvalue weighted by atomic mass is 16.6. The molecule has 0 unspecified atom stereocenters. The van der Waals surface area contributed by atoms with E-state index in [1.807, 2.05) is 45.0 Å². The first-order chi connectivity index (χ1) is 12.8. The number of benzene rings is 1. The van der Waals surface area contributed by atoms with Gasteiger partial charge in [-0.25, -0.2) is 4.79 Å². The molecule has 1 aromatic carbocycles. The molecule has 1 aliphatic carbocycles. The maximum atomic E-state index is 12.2. The molecule has 2 aliphatic rings. The van der Waals surface area contributed by atoms with Gasteiger partial charge in [0.1, 0.15) is 5.60 Å². The first kappa shape index (κ1) is 19.9. The fourth-order valence-electron chi connectivity index (χ4n) is 4.01. The summed E-state index contributed by atoms with van der Waals surface area (Å²) in [6.07, 6.45) is 6.19. The Morgan fingerprint density at radius 2 is 1.70 bits per heavy atom. The molecule has 148 valence electrons. The summed E-state index contributed by atoms with van der Waals surface area (Å²) in [6, 6.07) is 8.11. The van der Waals surface area contributed by atoms with Crippen molar-refractivity contribution in [3.8, 4) is 0 Å². The van der Waals surface area contributed by atoms with Crippen LogP contribution in [0.25, 0.3) is 0 Å². The van der Waals surface area contributed by atoms with Gasteiger partial charge in [-0.1, -0.05) is 12.1 Å². The lowest BCUT2D eigenvalue weighted by Crippen LogP contribution is -2.46. The van der Waals surface area contributed by atoms with Crippen LogP contribution in [-0.4, -0.2) is 36.1 Å². The Labute approximate surface area is 162 Å². The second-order valence-corrected chi connectivity index (χ2v) is 8.83. The van der Waals surface area contributed by atoms with Crippen LogP contribution >= 0.6 is 0 Å². The molecule has 3 rings (SSSR count). The summed E-state index contributed by atoms with van der Waals surface area (Å²) in [6.45, 7) is 6.57. The fourth-order valence-corrected chi connectivity index (χ4v) is 4.01. The molecular formula is C22H32N2O3. The Morgan fingerprint density at radius 1 is 1.04 bits per heavy atom. The van der Waals surface area contributed by atoms with E-state index in [2.05, 4.69) is 10.6 Å². The van der Waals surface area contributed by atoms with Crippen LogP contribution in [0.3, 0.4) is 0 Å². The molecule has 0 bridgehead atoms. The predicted molar refractivity (Wildman–Crippen MR) is 106 cm³/mol. The number of amides is 1. The molecule has 1 atom stereocenters. The van der Waals surface area contributed by atoms with Gasteiger partial charge in [0.2, 0.25) is 5.91 Å². The van der Waals surface area contributed by atoms with Gasteiger partial charge >= 0.3 is 5.97 Å². The minimum atomic E-state index is -0.480. The zero-order valence-corrected chi connectivity index (χ0v) is 16.7. The van der Waals surface area contributed by atoms with E-state index in [0.29, 0.717) is 11.5 Å². The summed E-state index contributed by atoms with van der Waals surface area (Å²) in [5.74, 6) is 0.383. The van der Waals surface area contributed by atoms with Crippen molar-refractivity contribution in [2.45, 2.75) is 82.9 Å². The van der Waals surface area contributed by atoms with Gasteiger partial charge in [0.15, 0.2) is 0 Å². The van der Waals surface area contributed by atoms with Crippen molar-refractivity contribution < 1.29 is 14.3 Å². The van der Waals surface area contributed by atoms with Crippen molar-refractivity contribution in [3.63, 3.8) is 0 Å². The Bertz CT molecular complexity index is 649. The Hall–Kier alpha value is -1.88. The van der Waals surface area contributed by atoms with Crippen LogP contribution in [0.2, 0.25) is 0 Å². The van der Waals surface area contributed by atoms with E-state index < -0.39 is 5.60 Å². The summed E-state index contributed by atoms with van der Waals surface area (Å²) in [4.78, 5) is 24.4. The molecule has 2 N–H and O–H groups in total. The molecular weight excluding hydrogens is 340 g/mol. The second kappa shape index (κ2) is 8.42. The number of carbonyl (C=O) groups is 2. The van der Waals surface area contributed by atoms with Gasteiger partial charge in [0, 0.05) is 6.04 Å². The molecule has 1 amide bonds. The highest BCUT2D eigenvalue weighted by molar-refractivity contribution is 5.89. The van der Waals surface area contributed by atoms with Crippen molar-refractivity contribution in [3.05, 3.63) is 35.4 Å². The topological polar surface area (TPSA) is 67.4 Å². The lowest BCUT2D eigenvalue weighted by atomic mass is 9.81. The van der Waals surface area contributed by atoms with Gasteiger partial charge in [0.25, 0.3) is 0 Å². The van der Waals surface area contributed by atoms with E-state index >= 15 is 0 Å². The van der Waals surface area contributed by atoms with E-state index in [9.17, 15) is 9.59 Å². The molecule has 0 spiro atoms. The number of esters is 1. The minimum Gasteiger partial charge on any atom is -0.456 e. The third kappa shape index (κ3) is 5.55. The van der Waals surface area contributed by atoms with Crippen molar-refractivity contribution >= 4 is 11.9 Å². The number of ether oxygens (including phenoxy) is 1. The highest BCUT2D eigenvalue weighted by Crippen LogP contribution is 2.33. The quantitative estimate of drug-likeness (QED) is 0.794. The minimum absolute atomic E-state index is 0.00289. The van der Waals surface area contributed by atoms with Crippen molar-refractivity contribution in [1.82, 2.24) is 10.6 Å². The molecule has 27 heavy (non-hydrogen) atoms. The van der Waals surface area contributed by atoms with Gasteiger partial charge in [-0.3, -0.25) is 4.79 Å². The van der Waals surface area contributed by atoms with Crippen LogP contribution in [0.1, 0.15) is 81.1 Å². The van der Waals surface area contributed by atoms with Crippen LogP contribution in [0.5, 0.6) is 0 Å². The molecule has 1 heterocycles. The molecule has 1 aromatic rings. The van der Waals surface area contributed by atoms with Gasteiger partial charge in [0.05, 0.1) is 11.6 Å². The SMILES string of the molecule is CC(C)(C)OC(=O)c1ccc(C2CCC(NC(=O)[C@H]3CCCN3)CC2)cc1. The molecule has 1 saturated heterocycles. The molecule has 0 aromatic heterocycles. The van der Waals surface area contributed by atoms with Crippen LogP contribution in [0.15, 0.2) is 24.3 Å². The third-order valence-electron chi connectivity index (χ3n) is 5.47. The monoisotopic (exact) mass is 372 g/mol. The standard InChI is InChI=1S/C22H32N2O3/c1-22(2,3)27-21(26)17-8-6-15(7-9-17)16-10-12-18(13-11-16)24-20(25)19-5-4-14-23-19/h6-9,16,18-19,23H,4-5,10-14H2,1-3H3,(H,24,25)/t16?,18?,19-/m1/s1. The lowest BCUT2D eigenvalue weighted by Gasteiger charge is -2.30. The number of hydrogen-bond donors (Lipinski definition) is 2. The van der Waals surface area contributed by atoms with Crippen molar-refractivity contribution in [1.29, 1.82) is 0 Å². The first-order valence-electron chi connectivity index (χ1n) is 10.2. The molecule has 1 aliphatic heterocycles. The van der Waals surface area contributed by atoms with Crippen LogP contribution in [0.4, 0.5) is 0 Å². The third-order valence-corrected chi connectivity index (χ3v) is 5.47. The predicted octanol–water partition coefficient (Wildman–Crippen LogP) is 3.54. The Balaban J connectivity index is 1.49. The largest absolute Gasteiger partial charge is 0.456 e. The lowest BCUT2D eigenvalue weighted by molar-refractivity contribution is -0.123. The second-order valence-electron chi connectivity index (χ2n) is 8.83. The average Bonchev–Trinajstić information content (AvgIpc) is 3.16. The van der Waals surface area contributed by atoms with E-state index in [1.54, 1.807) is 0 Å². The Kier molecular flexibility index (Phi) is 6.20. The molecule has 5 nitrogen and oxygen atoms in total. The molecule has 1 saturated carbocycles. The van der Waals surface area contributed by atoms with Crippen molar-refractivity contribution in [2.75, 3.05) is 6.54 Å². The zero-order chi connectivity index (χ0) is 19.4. The average molecular weight is 373 g/mol. The maximum Gasteiger partial charge on any atom is 0.338 e. The highest BCUT2D eigenvalue weighted by Gasteiger charge is 2.27. The molecule has 2 fully saturated rings. The number of carbonyl (C=O) groups excluding carboxylic acids is 2. The normalized spacial score (nSPS) is 25.8. The zero-order valence-electron chi connectivity index (χ0n) is 16.7. The molecule has 0 radical (unpaired) electrons. The Morgan fingerprint density at radius 3 is 2.26 bits per heavy atom. The summed E-state index contributed by atoms with van der Waals surface area (Å²) >= 11 is 0. The maximum absolute atomic E-state index is 12.2. The molecule has 5 heteroatoms. The number of hydrogen-bond acceptors (Lipinski definition) is 4. The van der Waals surface area contributed by atoms with E-state index in [1.165, 1.54) is 5.56 Å². The summed E-state index contributed by atoms with van der Waals surface area (Å²) in [5, 5.41) is 6.48. The first-order valence-corrected chi connectivity index (χ1v) is 10.2. The number of rotatable bonds is 4. The summed E-state index contributed by atoms with van der Waals surface area (Å²) in [5.41, 5.74) is 1.38. The summed E-state index contributed by atoms with van der Waals surface area (Å²) < 4.78 is 5.42. The smallest absolute Gasteiger partial charge is 0.338 e. The van der Waals surface area contributed by atoms with Gasteiger partial charge in [-0.15, -0.1) is 0 Å². The van der Waals surface area contributed by atoms with E-state index in [4.69, 9.17) is 4.74 Å². The van der Waals surface area contributed by atoms with Crippen molar-refractivity contribution in [2.24, 2.45) is 0 Å².